The average molecular weight is 239 g/mol. The van der Waals surface area contributed by atoms with Crippen molar-refractivity contribution in [2.75, 3.05) is 12.5 Å². The summed E-state index contributed by atoms with van der Waals surface area (Å²) in [7, 11) is -6.40. The Labute approximate surface area is 86.4 Å². The van der Waals surface area contributed by atoms with Gasteiger partial charge in [-0.3, -0.25) is 0 Å². The Hall–Kier alpha value is -0.300. The van der Waals surface area contributed by atoms with Crippen molar-refractivity contribution in [1.29, 1.82) is 0 Å². The summed E-state index contributed by atoms with van der Waals surface area (Å²) in [4.78, 5) is 0.715. The Balaban J connectivity index is 2.86. The Morgan fingerprint density at radius 1 is 1.07 bits per heavy atom. The molecule has 1 aromatic carbocycles. The van der Waals surface area contributed by atoms with Gasteiger partial charge in [0.2, 0.25) is 0 Å². The molecule has 0 fully saturated rings. The number of rotatable bonds is 3. The van der Waals surface area contributed by atoms with Crippen molar-refractivity contribution in [3.8, 4) is 0 Å². The third-order valence-corrected chi connectivity index (χ3v) is 4.83. The van der Waals surface area contributed by atoms with Crippen molar-refractivity contribution < 1.29 is 28.0 Å². The molecule has 0 aliphatic heterocycles. The molecule has 1 rings (SSSR count). The van der Waals surface area contributed by atoms with Gasteiger partial charge < -0.3 is 0 Å². The molecule has 0 heterocycles. The summed E-state index contributed by atoms with van der Waals surface area (Å²) in [5, 5.41) is 0. The maximum absolute atomic E-state index is 10.4. The van der Waals surface area contributed by atoms with Crippen LogP contribution >= 0.6 is 10.3 Å². The molecule has 0 bridgehead atoms. The minimum Gasteiger partial charge on any atom is -0.182 e. The Kier molecular flexibility index (Phi) is 3.41. The number of benzene rings is 1. The first-order chi connectivity index (χ1) is 6.31. The van der Waals surface area contributed by atoms with Crippen LogP contribution in [-0.4, -0.2) is 12.5 Å². The van der Waals surface area contributed by atoms with E-state index in [1.165, 1.54) is 0 Å². The number of hydrogen-bond donors (Lipinski definition) is 0. The second-order valence-electron chi connectivity index (χ2n) is 2.99. The van der Waals surface area contributed by atoms with Gasteiger partial charge in [-0.25, -0.2) is 0 Å². The molecule has 0 atom stereocenters. The van der Waals surface area contributed by atoms with E-state index in [0.717, 1.165) is 0 Å². The molecule has 0 aliphatic rings. The fraction of sp³-hybridized carbons (Fsp3) is 0.250. The highest BCUT2D eigenvalue weighted by Gasteiger charge is 2.33. The molecule has 6 heteroatoms. The highest BCUT2D eigenvalue weighted by Crippen LogP contribution is 2.51. The van der Waals surface area contributed by atoms with E-state index in [2.05, 4.69) is 3.74 Å². The van der Waals surface area contributed by atoms with E-state index in [-0.39, 0.29) is 0 Å². The van der Waals surface area contributed by atoms with Gasteiger partial charge >= 0.3 is 0 Å². The van der Waals surface area contributed by atoms with Gasteiger partial charge in [0.05, 0.1) is 10.2 Å². The molecule has 4 nitrogen and oxygen atoms in total. The van der Waals surface area contributed by atoms with Gasteiger partial charge in [0.25, 0.3) is 0 Å². The summed E-state index contributed by atoms with van der Waals surface area (Å²) in [6.45, 7) is 0. The first-order valence-corrected chi connectivity index (χ1v) is 7.32. The molecule has 1 aromatic rings. The van der Waals surface area contributed by atoms with Gasteiger partial charge in [-0.15, -0.1) is 0 Å². The zero-order chi connectivity index (χ0) is 10.8. The van der Waals surface area contributed by atoms with Crippen LogP contribution < -0.4 is 14.0 Å². The fourth-order valence-corrected chi connectivity index (χ4v) is 3.62. The van der Waals surface area contributed by atoms with E-state index in [0.29, 0.717) is 4.90 Å². The van der Waals surface area contributed by atoms with Gasteiger partial charge in [-0.1, -0.05) is 18.2 Å². The highest BCUT2D eigenvalue weighted by atomic mass is 35.7. The number of hydrogen-bond acceptors (Lipinski definition) is 4. The Morgan fingerprint density at radius 2 is 1.57 bits per heavy atom. The van der Waals surface area contributed by atoms with Crippen LogP contribution in [0.2, 0.25) is 0 Å². The van der Waals surface area contributed by atoms with Crippen LogP contribution in [0.3, 0.4) is 0 Å². The summed E-state index contributed by atoms with van der Waals surface area (Å²) in [6, 6.07) is 8.80. The molecule has 0 N–H and O–H groups in total. The largest absolute Gasteiger partial charge is 0.182 e. The van der Waals surface area contributed by atoms with E-state index >= 15 is 0 Å². The van der Waals surface area contributed by atoms with Gasteiger partial charge in [0, 0.05) is 27.7 Å². The molecule has 0 saturated carbocycles. The SMILES string of the molecule is CS(C)(O[Cl+3]([O-])([O-])[O-])c1ccccc1. The molecular formula is C8H11ClO4S. The average Bonchev–Trinajstić information content (AvgIpc) is 2.01. The zero-order valence-corrected chi connectivity index (χ0v) is 9.38. The predicted molar refractivity (Wildman–Crippen MR) is 45.2 cm³/mol. The molecular weight excluding hydrogens is 228 g/mol. The molecule has 0 aliphatic carbocycles. The number of halogens is 1. The Bertz CT molecular complexity index is 296. The molecule has 0 amide bonds. The molecule has 0 saturated heterocycles. The van der Waals surface area contributed by atoms with Gasteiger partial charge in [-0.05, 0) is 12.1 Å². The summed E-state index contributed by atoms with van der Waals surface area (Å²) in [5.74, 6) is 0. The Morgan fingerprint density at radius 3 is 2.00 bits per heavy atom. The lowest BCUT2D eigenvalue weighted by atomic mass is 10.4. The van der Waals surface area contributed by atoms with Gasteiger partial charge in [0.15, 0.2) is 0 Å². The molecule has 0 spiro atoms. The van der Waals surface area contributed by atoms with Gasteiger partial charge in [-0.2, -0.15) is 14.0 Å². The maximum Gasteiger partial charge on any atom is 0.125 e. The normalized spacial score (nSPS) is 14.1. The third kappa shape index (κ3) is 3.45. The third-order valence-electron chi connectivity index (χ3n) is 1.55. The second-order valence-corrected chi connectivity index (χ2v) is 7.18. The first kappa shape index (κ1) is 11.8. The maximum atomic E-state index is 10.4. The van der Waals surface area contributed by atoms with Crippen LogP contribution in [-0.2, 0) is 3.74 Å². The topological polar surface area (TPSA) is 78.4 Å². The monoisotopic (exact) mass is 238 g/mol. The zero-order valence-electron chi connectivity index (χ0n) is 7.81. The van der Waals surface area contributed by atoms with Crippen LogP contribution in [0.4, 0.5) is 0 Å². The molecule has 80 valence electrons. The van der Waals surface area contributed by atoms with Crippen molar-refractivity contribution >= 4 is 10.3 Å². The smallest absolute Gasteiger partial charge is 0.125 e. The summed E-state index contributed by atoms with van der Waals surface area (Å²) in [6.07, 6.45) is 3.20. The lowest BCUT2D eigenvalue weighted by molar-refractivity contribution is -1.91. The lowest BCUT2D eigenvalue weighted by Gasteiger charge is -2.26. The summed E-state index contributed by atoms with van der Waals surface area (Å²) >= 11 is 0. The summed E-state index contributed by atoms with van der Waals surface area (Å²) in [5.41, 5.74) is 0. The lowest BCUT2D eigenvalue weighted by Crippen LogP contribution is -2.61. The molecule has 14 heavy (non-hydrogen) atoms. The highest BCUT2D eigenvalue weighted by molar-refractivity contribution is 8.28. The van der Waals surface area contributed by atoms with E-state index < -0.39 is 20.6 Å². The van der Waals surface area contributed by atoms with Crippen molar-refractivity contribution in [3.63, 3.8) is 0 Å². The predicted octanol–water partition coefficient (Wildman–Crippen LogP) is -1.06. The van der Waals surface area contributed by atoms with E-state index in [1.54, 1.807) is 36.8 Å². The van der Waals surface area contributed by atoms with Crippen molar-refractivity contribution in [2.24, 2.45) is 0 Å². The van der Waals surface area contributed by atoms with E-state index in [1.807, 2.05) is 6.07 Å². The van der Waals surface area contributed by atoms with E-state index in [9.17, 15) is 14.0 Å². The van der Waals surface area contributed by atoms with Crippen LogP contribution in [0.15, 0.2) is 35.2 Å². The fourth-order valence-electron chi connectivity index (χ4n) is 0.977. The van der Waals surface area contributed by atoms with Crippen LogP contribution in [0.25, 0.3) is 0 Å². The second kappa shape index (κ2) is 4.06. The van der Waals surface area contributed by atoms with Crippen molar-refractivity contribution in [3.05, 3.63) is 30.3 Å². The first-order valence-electron chi connectivity index (χ1n) is 3.72. The van der Waals surface area contributed by atoms with Crippen molar-refractivity contribution in [2.45, 2.75) is 4.90 Å². The van der Waals surface area contributed by atoms with E-state index in [4.69, 9.17) is 0 Å². The quantitative estimate of drug-likeness (QED) is 0.673. The van der Waals surface area contributed by atoms with Crippen molar-refractivity contribution in [1.82, 2.24) is 0 Å². The van der Waals surface area contributed by atoms with Crippen LogP contribution in [0.5, 0.6) is 0 Å². The minimum absolute atomic E-state index is 0.715. The van der Waals surface area contributed by atoms with Crippen LogP contribution in [0.1, 0.15) is 0 Å². The molecule has 0 unspecified atom stereocenters. The summed E-state index contributed by atoms with van der Waals surface area (Å²) < 4.78 is 35.8. The minimum atomic E-state index is -4.37. The van der Waals surface area contributed by atoms with Gasteiger partial charge in [0.1, 0.15) is 3.74 Å². The van der Waals surface area contributed by atoms with Crippen LogP contribution in [0, 0.1) is 10.2 Å². The molecule has 0 aromatic heterocycles. The molecule has 0 radical (unpaired) electrons. The standard InChI is InChI=1S/C8H11ClO4S/c1-14(2,13-9(10,11)12)8-6-4-3-5-7-8/h3-7H,1-2H3.